The Hall–Kier alpha value is -1.03. The number of nitrogens with one attached hydrogen (secondary N) is 2. The van der Waals surface area contributed by atoms with E-state index in [1.54, 1.807) is 13.0 Å². The fourth-order valence-corrected chi connectivity index (χ4v) is 4.44. The third-order valence-electron chi connectivity index (χ3n) is 2.36. The summed E-state index contributed by atoms with van der Waals surface area (Å²) in [5, 5.41) is 13.6. The molecule has 0 radical (unpaired) electrons. The highest BCUT2D eigenvalue weighted by Gasteiger charge is 2.18. The molecule has 0 aliphatic rings. The number of hydrogen-bond donors (Lipinski definition) is 2. The number of rotatable bonds is 6. The molecule has 2 rings (SSSR count). The third kappa shape index (κ3) is 3.98. The van der Waals surface area contributed by atoms with E-state index >= 15 is 0 Å². The Labute approximate surface area is 126 Å². The molecule has 0 aliphatic heterocycles. The van der Waals surface area contributed by atoms with E-state index in [-0.39, 0.29) is 9.34 Å². The lowest BCUT2D eigenvalue weighted by atomic mass is 10.3. The standard InChI is InChI=1S/C11H16N4O2S3/c1-7(2)12-5-9-4-10(18-6-9)20(16,17)15-11-14-13-8(3)19-11/h4,6-7,12H,5H2,1-3H3,(H,14,15). The van der Waals surface area contributed by atoms with Crippen LogP contribution in [0.15, 0.2) is 15.7 Å². The van der Waals surface area contributed by atoms with Crippen LogP contribution < -0.4 is 10.0 Å². The van der Waals surface area contributed by atoms with Gasteiger partial charge in [0.2, 0.25) is 5.13 Å². The van der Waals surface area contributed by atoms with Gasteiger partial charge in [0, 0.05) is 12.6 Å². The van der Waals surface area contributed by atoms with Crippen LogP contribution in [0.3, 0.4) is 0 Å². The topological polar surface area (TPSA) is 84.0 Å². The zero-order valence-corrected chi connectivity index (χ0v) is 13.8. The molecule has 0 bridgehead atoms. The van der Waals surface area contributed by atoms with E-state index in [2.05, 4.69) is 20.2 Å². The lowest BCUT2D eigenvalue weighted by Gasteiger charge is -2.05. The highest BCUT2D eigenvalue weighted by molar-refractivity contribution is 7.94. The maximum atomic E-state index is 12.2. The molecule has 0 aliphatic carbocycles. The normalized spacial score (nSPS) is 12.0. The molecule has 110 valence electrons. The van der Waals surface area contributed by atoms with Gasteiger partial charge in [-0.2, -0.15) is 0 Å². The highest BCUT2D eigenvalue weighted by Crippen LogP contribution is 2.24. The molecule has 0 aromatic carbocycles. The average molecular weight is 332 g/mol. The molecule has 0 atom stereocenters. The molecule has 2 N–H and O–H groups in total. The van der Waals surface area contributed by atoms with Crippen molar-refractivity contribution in [2.24, 2.45) is 0 Å². The summed E-state index contributed by atoms with van der Waals surface area (Å²) < 4.78 is 27.1. The first-order chi connectivity index (χ1) is 9.37. The zero-order valence-electron chi connectivity index (χ0n) is 11.4. The molecule has 0 saturated heterocycles. The number of hydrogen-bond acceptors (Lipinski definition) is 7. The molecule has 9 heteroatoms. The van der Waals surface area contributed by atoms with Gasteiger partial charge in [-0.25, -0.2) is 8.42 Å². The first-order valence-electron chi connectivity index (χ1n) is 6.00. The second kappa shape index (κ2) is 6.17. The number of thiophene rings is 1. The Morgan fingerprint density at radius 1 is 1.35 bits per heavy atom. The van der Waals surface area contributed by atoms with E-state index in [9.17, 15) is 8.42 Å². The van der Waals surface area contributed by atoms with Crippen molar-refractivity contribution in [3.05, 3.63) is 22.0 Å². The first kappa shape index (κ1) is 15.4. The highest BCUT2D eigenvalue weighted by atomic mass is 32.2. The van der Waals surface area contributed by atoms with Gasteiger partial charge in [0.25, 0.3) is 10.0 Å². The van der Waals surface area contributed by atoms with E-state index in [0.29, 0.717) is 12.6 Å². The quantitative estimate of drug-likeness (QED) is 0.847. The Balaban J connectivity index is 2.09. The molecule has 0 saturated carbocycles. The molecule has 6 nitrogen and oxygen atoms in total. The predicted molar refractivity (Wildman–Crippen MR) is 81.7 cm³/mol. The number of aromatic nitrogens is 2. The van der Waals surface area contributed by atoms with Crippen molar-refractivity contribution in [3.63, 3.8) is 0 Å². The van der Waals surface area contributed by atoms with Gasteiger partial charge in [-0.15, -0.1) is 21.5 Å². The van der Waals surface area contributed by atoms with Crippen molar-refractivity contribution < 1.29 is 8.42 Å². The number of nitrogens with zero attached hydrogens (tertiary/aromatic N) is 2. The molecule has 0 spiro atoms. The van der Waals surface area contributed by atoms with Crippen LogP contribution in [0, 0.1) is 6.92 Å². The van der Waals surface area contributed by atoms with Crippen LogP contribution in [-0.2, 0) is 16.6 Å². The number of sulfonamides is 1. The molecule has 0 unspecified atom stereocenters. The van der Waals surface area contributed by atoms with Crippen LogP contribution >= 0.6 is 22.7 Å². The van der Waals surface area contributed by atoms with Gasteiger partial charge in [0.15, 0.2) is 0 Å². The summed E-state index contributed by atoms with van der Waals surface area (Å²) in [6, 6.07) is 2.04. The van der Waals surface area contributed by atoms with Crippen molar-refractivity contribution in [2.45, 2.75) is 37.6 Å². The SMILES string of the molecule is Cc1nnc(NS(=O)(=O)c2cc(CNC(C)C)cs2)s1. The van der Waals surface area contributed by atoms with Gasteiger partial charge >= 0.3 is 0 Å². The average Bonchev–Trinajstić information content (AvgIpc) is 2.95. The monoisotopic (exact) mass is 332 g/mol. The third-order valence-corrected chi connectivity index (χ3v) is 6.07. The molecule has 0 fully saturated rings. The van der Waals surface area contributed by atoms with Crippen molar-refractivity contribution in [1.29, 1.82) is 0 Å². The Morgan fingerprint density at radius 2 is 2.10 bits per heavy atom. The van der Waals surface area contributed by atoms with E-state index in [0.717, 1.165) is 10.6 Å². The summed E-state index contributed by atoms with van der Waals surface area (Å²) in [6.07, 6.45) is 0. The Bertz CT molecular complexity index is 675. The molecule has 0 amide bonds. The van der Waals surface area contributed by atoms with E-state index in [1.807, 2.05) is 19.2 Å². The van der Waals surface area contributed by atoms with Crippen LogP contribution in [-0.4, -0.2) is 24.7 Å². The fourth-order valence-electron chi connectivity index (χ4n) is 1.41. The number of anilines is 1. The molecule has 2 heterocycles. The minimum atomic E-state index is -3.57. The van der Waals surface area contributed by atoms with E-state index < -0.39 is 10.0 Å². The van der Waals surface area contributed by atoms with Crippen LogP contribution in [0.2, 0.25) is 0 Å². The largest absolute Gasteiger partial charge is 0.310 e. The first-order valence-corrected chi connectivity index (χ1v) is 9.18. The van der Waals surface area contributed by atoms with Gasteiger partial charge < -0.3 is 5.32 Å². The van der Waals surface area contributed by atoms with Gasteiger partial charge in [-0.05, 0) is 23.9 Å². The molecular formula is C11H16N4O2S3. The van der Waals surface area contributed by atoms with Gasteiger partial charge in [0.05, 0.1) is 0 Å². The summed E-state index contributed by atoms with van der Waals surface area (Å²) in [5.74, 6) is 0. The van der Waals surface area contributed by atoms with Crippen LogP contribution in [0.4, 0.5) is 5.13 Å². The van der Waals surface area contributed by atoms with Crippen LogP contribution in [0.1, 0.15) is 24.4 Å². The van der Waals surface area contributed by atoms with Crippen LogP contribution in [0.5, 0.6) is 0 Å². The summed E-state index contributed by atoms with van der Waals surface area (Å²) in [7, 11) is -3.57. The lowest BCUT2D eigenvalue weighted by molar-refractivity contribution is 0.589. The second-order valence-electron chi connectivity index (χ2n) is 4.54. The zero-order chi connectivity index (χ0) is 14.8. The van der Waals surface area contributed by atoms with E-state index in [4.69, 9.17) is 0 Å². The van der Waals surface area contributed by atoms with Crippen molar-refractivity contribution in [1.82, 2.24) is 15.5 Å². The minimum absolute atomic E-state index is 0.283. The molecule has 2 aromatic rings. The summed E-state index contributed by atoms with van der Waals surface area (Å²) in [6.45, 7) is 6.52. The molecular weight excluding hydrogens is 316 g/mol. The van der Waals surface area contributed by atoms with Gasteiger partial charge in [-0.3, -0.25) is 4.72 Å². The van der Waals surface area contributed by atoms with Crippen LogP contribution in [0.25, 0.3) is 0 Å². The van der Waals surface area contributed by atoms with Gasteiger partial charge in [-0.1, -0.05) is 25.2 Å². The maximum Gasteiger partial charge on any atom is 0.273 e. The number of aryl methyl sites for hydroxylation is 1. The lowest BCUT2D eigenvalue weighted by Crippen LogP contribution is -2.21. The smallest absolute Gasteiger partial charge is 0.273 e. The summed E-state index contributed by atoms with van der Waals surface area (Å²) >= 11 is 2.41. The van der Waals surface area contributed by atoms with Gasteiger partial charge in [0.1, 0.15) is 9.22 Å². The summed E-state index contributed by atoms with van der Waals surface area (Å²) in [4.78, 5) is 0. The molecule has 2 aromatic heterocycles. The maximum absolute atomic E-state index is 12.2. The van der Waals surface area contributed by atoms with E-state index in [1.165, 1.54) is 22.7 Å². The Kier molecular flexibility index (Phi) is 4.74. The van der Waals surface area contributed by atoms with Crippen molar-refractivity contribution in [3.8, 4) is 0 Å². The predicted octanol–water partition coefficient (Wildman–Crippen LogP) is 2.21. The fraction of sp³-hybridized carbons (Fsp3) is 0.455. The van der Waals surface area contributed by atoms with Crippen molar-refractivity contribution in [2.75, 3.05) is 4.72 Å². The second-order valence-corrected chi connectivity index (χ2v) is 8.54. The summed E-state index contributed by atoms with van der Waals surface area (Å²) in [5.41, 5.74) is 0.956. The Morgan fingerprint density at radius 3 is 2.70 bits per heavy atom. The minimum Gasteiger partial charge on any atom is -0.310 e. The molecule has 20 heavy (non-hydrogen) atoms. The van der Waals surface area contributed by atoms with Crippen molar-refractivity contribution >= 4 is 37.8 Å².